The van der Waals surface area contributed by atoms with Gasteiger partial charge in [0.1, 0.15) is 11.9 Å². The number of aliphatic hydroxyl groups excluding tert-OH is 1. The van der Waals surface area contributed by atoms with Crippen molar-refractivity contribution >= 4 is 45.5 Å². The molecule has 0 radical (unpaired) electrons. The summed E-state index contributed by atoms with van der Waals surface area (Å²) in [6, 6.07) is 9.10. The second-order valence-electron chi connectivity index (χ2n) is 16.6. The summed E-state index contributed by atoms with van der Waals surface area (Å²) in [7, 11) is 0. The molecule has 5 heterocycles. The van der Waals surface area contributed by atoms with Crippen molar-refractivity contribution < 1.29 is 37.7 Å². The summed E-state index contributed by atoms with van der Waals surface area (Å²) in [5.74, 6) is -3.37. The van der Waals surface area contributed by atoms with E-state index in [2.05, 4.69) is 47.6 Å². The molecule has 14 nitrogen and oxygen atoms in total. The Labute approximate surface area is 367 Å². The quantitative estimate of drug-likeness (QED) is 0.0841. The number of carbonyl (C=O) groups excluding carboxylic acids is 3. The molecule has 0 unspecified atom stereocenters. The number of aromatic amines is 1. The minimum atomic E-state index is -1.21. The van der Waals surface area contributed by atoms with Crippen molar-refractivity contribution in [2.75, 3.05) is 50.9 Å². The third-order valence-electron chi connectivity index (χ3n) is 10.9. The molecule has 3 amide bonds. The molecule has 0 bridgehead atoms. The smallest absolute Gasteiger partial charge is 0.257 e. The van der Waals surface area contributed by atoms with Crippen molar-refractivity contribution in [2.24, 2.45) is 5.41 Å². The van der Waals surface area contributed by atoms with Crippen LogP contribution in [0.1, 0.15) is 69.0 Å². The molecule has 2 aromatic carbocycles. The zero-order valence-corrected chi connectivity index (χ0v) is 37.1. The number of hydrogen-bond donors (Lipinski definition) is 4. The maximum Gasteiger partial charge on any atom is 0.257 e. The van der Waals surface area contributed by atoms with E-state index in [1.165, 1.54) is 17.4 Å². The van der Waals surface area contributed by atoms with E-state index in [0.29, 0.717) is 57.1 Å². The third-order valence-corrected chi connectivity index (χ3v) is 12.9. The molecule has 7 rings (SSSR count). The molecule has 0 aliphatic carbocycles. The fraction of sp³-hybridized carbons (Fsp3) is 0.455. The van der Waals surface area contributed by atoms with Crippen molar-refractivity contribution in [3.63, 3.8) is 0 Å². The summed E-state index contributed by atoms with van der Waals surface area (Å²) in [5.41, 5.74) is 3.75. The number of nitrogens with zero attached hydrogens (tertiary/aromatic N) is 5. The van der Waals surface area contributed by atoms with Crippen LogP contribution in [0.5, 0.6) is 5.75 Å². The van der Waals surface area contributed by atoms with E-state index in [1.807, 2.05) is 46.8 Å². The lowest BCUT2D eigenvalue weighted by Crippen LogP contribution is -2.54. The zero-order chi connectivity index (χ0) is 44.1. The number of carbonyl (C=O) groups is 3. The Balaban J connectivity index is 0.892. The van der Waals surface area contributed by atoms with Crippen LogP contribution in [-0.4, -0.2) is 106 Å². The molecule has 0 spiro atoms. The van der Waals surface area contributed by atoms with Gasteiger partial charge in [0.15, 0.2) is 23.3 Å². The molecule has 18 heteroatoms. The molecule has 330 valence electrons. The van der Waals surface area contributed by atoms with Gasteiger partial charge in [0.2, 0.25) is 17.6 Å². The van der Waals surface area contributed by atoms with Crippen LogP contribution in [0.25, 0.3) is 33.0 Å². The summed E-state index contributed by atoms with van der Waals surface area (Å²) in [4.78, 5) is 62.0. The standard InChI is InChI=1S/C44H52F2N8O6S2/c1-25-39(62-26(2)49-25)28-11-9-27(10-12-28)32-21-48-41(50-32)34-20-29(55)22-54(34)42(58)40(44(3,4)5)52-35(56)8-6-7-15-47-36(57)23-60-38-30(13-14-31(45)37(38)46)33-24-61-43(51-33)53-16-18-59-19-17-53/h9-14,21,24,29,34,40,55H,6-8,15-20,22-23H2,1-5H3,(H,47,57)(H,48,50)(H,52,56)/t29-,34+,40-/m1/s1. The summed E-state index contributed by atoms with van der Waals surface area (Å²) in [5, 5.41) is 19.8. The number of β-amino-alcohol motifs (C(OH)–C–C–N with tert-alkyl or cyclic N) is 1. The van der Waals surface area contributed by atoms with E-state index >= 15 is 0 Å². The van der Waals surface area contributed by atoms with E-state index in [-0.39, 0.29) is 36.9 Å². The average Bonchev–Trinajstić information content (AvgIpc) is 4.07. The number of morpholine rings is 1. The van der Waals surface area contributed by atoms with Crippen molar-refractivity contribution in [1.82, 2.24) is 35.5 Å². The summed E-state index contributed by atoms with van der Waals surface area (Å²) in [6.45, 7) is 11.8. The Hall–Kier alpha value is -5.30. The SMILES string of the molecule is Cc1nc(C)c(-c2ccc(-c3cnc([C@@H]4C[C@@H](O)CN4C(=O)[C@@H](NC(=O)CCCCNC(=O)COc4c(-c5csc(N6CCOCC6)n5)ccc(F)c4F)C(C)(C)C)[nH]3)cc2)s1. The molecule has 5 aromatic rings. The lowest BCUT2D eigenvalue weighted by molar-refractivity contribution is -0.140. The van der Waals surface area contributed by atoms with Gasteiger partial charge in [-0.3, -0.25) is 14.4 Å². The minimum absolute atomic E-state index is 0.0960. The fourth-order valence-corrected chi connectivity index (χ4v) is 9.41. The van der Waals surface area contributed by atoms with E-state index in [1.54, 1.807) is 27.8 Å². The van der Waals surface area contributed by atoms with Crippen LogP contribution in [0.2, 0.25) is 0 Å². The first-order valence-electron chi connectivity index (χ1n) is 20.7. The highest BCUT2D eigenvalue weighted by atomic mass is 32.1. The molecule has 2 aliphatic heterocycles. The van der Waals surface area contributed by atoms with Crippen LogP contribution in [0.3, 0.4) is 0 Å². The van der Waals surface area contributed by atoms with E-state index in [0.717, 1.165) is 43.6 Å². The van der Waals surface area contributed by atoms with E-state index < -0.39 is 53.5 Å². The number of aliphatic hydroxyl groups is 1. The predicted octanol–water partition coefficient (Wildman–Crippen LogP) is 6.59. The van der Waals surface area contributed by atoms with Crippen LogP contribution in [-0.2, 0) is 19.1 Å². The number of hydrogen-bond acceptors (Lipinski definition) is 12. The Morgan fingerprint density at radius 1 is 1.03 bits per heavy atom. The van der Waals surface area contributed by atoms with Crippen molar-refractivity contribution in [3.05, 3.63) is 76.1 Å². The molecular formula is C44H52F2N8O6S2. The Bertz CT molecular complexity index is 2370. The molecule has 0 saturated carbocycles. The number of halogens is 2. The van der Waals surface area contributed by atoms with Gasteiger partial charge in [-0.1, -0.05) is 45.0 Å². The lowest BCUT2D eigenvalue weighted by atomic mass is 9.85. The van der Waals surface area contributed by atoms with Gasteiger partial charge in [-0.15, -0.1) is 22.7 Å². The topological polar surface area (TPSA) is 175 Å². The van der Waals surface area contributed by atoms with Crippen LogP contribution in [0, 0.1) is 30.9 Å². The van der Waals surface area contributed by atoms with E-state index in [9.17, 15) is 28.3 Å². The lowest BCUT2D eigenvalue weighted by Gasteiger charge is -2.35. The van der Waals surface area contributed by atoms with Crippen LogP contribution < -0.4 is 20.3 Å². The van der Waals surface area contributed by atoms with Crippen LogP contribution in [0.4, 0.5) is 13.9 Å². The second kappa shape index (κ2) is 19.4. The molecule has 4 N–H and O–H groups in total. The number of likely N-dealkylation sites (tertiary alicyclic amines) is 1. The summed E-state index contributed by atoms with van der Waals surface area (Å²) in [6.07, 6.45) is 2.19. The first-order chi connectivity index (χ1) is 29.7. The maximum absolute atomic E-state index is 15.0. The number of anilines is 1. The van der Waals surface area contributed by atoms with Gasteiger partial charge in [0.05, 0.1) is 58.5 Å². The monoisotopic (exact) mass is 890 g/mol. The predicted molar refractivity (Wildman–Crippen MR) is 234 cm³/mol. The van der Waals surface area contributed by atoms with Gasteiger partial charge in [-0.25, -0.2) is 19.3 Å². The van der Waals surface area contributed by atoms with Gasteiger partial charge < -0.3 is 40.0 Å². The van der Waals surface area contributed by atoms with Crippen molar-refractivity contribution in [3.8, 4) is 38.7 Å². The number of nitrogens with one attached hydrogen (secondary N) is 3. The highest BCUT2D eigenvalue weighted by molar-refractivity contribution is 7.15. The number of aromatic nitrogens is 4. The number of ether oxygens (including phenoxy) is 2. The number of imidazole rings is 1. The summed E-state index contributed by atoms with van der Waals surface area (Å²) < 4.78 is 40.2. The molecule has 62 heavy (non-hydrogen) atoms. The van der Waals surface area contributed by atoms with Gasteiger partial charge in [-0.2, -0.15) is 4.39 Å². The highest BCUT2D eigenvalue weighted by Crippen LogP contribution is 2.38. The van der Waals surface area contributed by atoms with Gasteiger partial charge in [0, 0.05) is 50.0 Å². The Kier molecular flexibility index (Phi) is 14.0. The van der Waals surface area contributed by atoms with Crippen molar-refractivity contribution in [1.29, 1.82) is 0 Å². The first kappa shape index (κ1) is 44.7. The average molecular weight is 891 g/mol. The van der Waals surface area contributed by atoms with Crippen LogP contribution in [0.15, 0.2) is 48.0 Å². The molecule has 2 fully saturated rings. The Morgan fingerprint density at radius 3 is 2.48 bits per heavy atom. The second-order valence-corrected chi connectivity index (χ2v) is 18.7. The maximum atomic E-state index is 15.0. The number of rotatable bonds is 15. The molecular weight excluding hydrogens is 839 g/mol. The third kappa shape index (κ3) is 10.5. The van der Waals surface area contributed by atoms with Crippen LogP contribution >= 0.6 is 22.7 Å². The van der Waals surface area contributed by atoms with Gasteiger partial charge in [0.25, 0.3) is 5.91 Å². The normalized spacial score (nSPS) is 17.3. The zero-order valence-electron chi connectivity index (χ0n) is 35.4. The molecule has 2 aliphatic rings. The molecule has 2 saturated heterocycles. The number of unbranched alkanes of at least 4 members (excludes halogenated alkanes) is 1. The minimum Gasteiger partial charge on any atom is -0.480 e. The number of thiazole rings is 2. The van der Waals surface area contributed by atoms with Gasteiger partial charge in [-0.05, 0) is 55.4 Å². The number of H-pyrrole nitrogens is 1. The fourth-order valence-electron chi connectivity index (χ4n) is 7.61. The van der Waals surface area contributed by atoms with E-state index in [4.69, 9.17) is 9.47 Å². The molecule has 3 atom stereocenters. The highest BCUT2D eigenvalue weighted by Gasteiger charge is 2.43. The first-order valence-corrected chi connectivity index (χ1v) is 22.4. The molecule has 3 aromatic heterocycles. The van der Waals surface area contributed by atoms with Crippen molar-refractivity contribution in [2.45, 2.75) is 78.5 Å². The number of amides is 3. The number of aryl methyl sites for hydroxylation is 2. The Morgan fingerprint density at radius 2 is 1.77 bits per heavy atom. The number of benzene rings is 2. The largest absolute Gasteiger partial charge is 0.480 e. The van der Waals surface area contributed by atoms with Gasteiger partial charge >= 0.3 is 0 Å². The summed E-state index contributed by atoms with van der Waals surface area (Å²) >= 11 is 3.02.